The molecule has 1 aromatic rings. The Labute approximate surface area is 115 Å². The highest BCUT2D eigenvalue weighted by Gasteiger charge is 2.22. The maximum atomic E-state index is 12.0. The molecule has 0 aliphatic carbocycles. The Kier molecular flexibility index (Phi) is 4.53. The Morgan fingerprint density at radius 1 is 1.50 bits per heavy atom. The molecule has 1 saturated heterocycles. The lowest BCUT2D eigenvalue weighted by molar-refractivity contribution is -0.126. The Hall–Kier alpha value is -0.720. The highest BCUT2D eigenvalue weighted by molar-refractivity contribution is 9.10. The first-order chi connectivity index (χ1) is 8.61. The second kappa shape index (κ2) is 5.95. The van der Waals surface area contributed by atoms with Crippen LogP contribution in [0.2, 0.25) is 0 Å². The molecule has 0 aromatic carbocycles. The second-order valence-corrected chi connectivity index (χ2v) is 5.05. The highest BCUT2D eigenvalue weighted by Crippen LogP contribution is 2.22. The van der Waals surface area contributed by atoms with Crippen LogP contribution in [-0.4, -0.2) is 35.1 Å². The summed E-state index contributed by atoms with van der Waals surface area (Å²) in [4.78, 5) is 12.0. The largest absolute Gasteiger partial charge is 0.350 e. The molecule has 0 N–H and O–H groups in total. The lowest BCUT2D eigenvalue weighted by Crippen LogP contribution is -2.17. The number of Topliss-reactive ketones (excluding diaryl/α,β-unsaturated/α-hetero) is 1. The maximum Gasteiger partial charge on any atom is 0.164 e. The predicted octanol–water partition coefficient (Wildman–Crippen LogP) is 1.85. The molecule has 0 spiro atoms. The smallest absolute Gasteiger partial charge is 0.164 e. The summed E-state index contributed by atoms with van der Waals surface area (Å²) in [7, 11) is 0. The summed E-state index contributed by atoms with van der Waals surface area (Å²) >= 11 is 3.48. The van der Waals surface area contributed by atoms with Gasteiger partial charge >= 0.3 is 0 Å². The summed E-state index contributed by atoms with van der Waals surface area (Å²) in [6.45, 7) is 5.84. The van der Waals surface area contributed by atoms with Crippen molar-refractivity contribution < 1.29 is 14.3 Å². The minimum Gasteiger partial charge on any atom is -0.350 e. The van der Waals surface area contributed by atoms with Gasteiger partial charge in [0.15, 0.2) is 6.29 Å². The average molecular weight is 317 g/mol. The minimum atomic E-state index is -0.365. The zero-order chi connectivity index (χ0) is 13.1. The zero-order valence-electron chi connectivity index (χ0n) is 10.6. The molecule has 1 fully saturated rings. The second-order valence-electron chi connectivity index (χ2n) is 4.25. The van der Waals surface area contributed by atoms with E-state index in [1.165, 1.54) is 0 Å². The van der Waals surface area contributed by atoms with Crippen LogP contribution in [0.3, 0.4) is 0 Å². The predicted molar refractivity (Wildman–Crippen MR) is 69.4 cm³/mol. The molecule has 1 aromatic heterocycles. The molecule has 5 nitrogen and oxygen atoms in total. The van der Waals surface area contributed by atoms with E-state index in [4.69, 9.17) is 9.47 Å². The van der Waals surface area contributed by atoms with Crippen molar-refractivity contribution in [2.45, 2.75) is 39.5 Å². The van der Waals surface area contributed by atoms with Crippen molar-refractivity contribution in [3.05, 3.63) is 15.9 Å². The molecule has 0 amide bonds. The Morgan fingerprint density at radius 3 is 2.78 bits per heavy atom. The molecule has 0 unspecified atom stereocenters. The summed E-state index contributed by atoms with van der Waals surface area (Å²) in [6.07, 6.45) is 0.300. The van der Waals surface area contributed by atoms with Crippen molar-refractivity contribution in [1.29, 1.82) is 0 Å². The molecule has 0 atom stereocenters. The molecule has 0 saturated carbocycles. The van der Waals surface area contributed by atoms with E-state index < -0.39 is 0 Å². The molecule has 0 bridgehead atoms. The number of aryl methyl sites for hydroxylation is 2. The van der Waals surface area contributed by atoms with Gasteiger partial charge < -0.3 is 9.47 Å². The molecule has 1 aliphatic rings. The van der Waals surface area contributed by atoms with Gasteiger partial charge in [-0.15, -0.1) is 0 Å². The van der Waals surface area contributed by atoms with Crippen molar-refractivity contribution >= 4 is 21.7 Å². The minimum absolute atomic E-state index is 0.109. The van der Waals surface area contributed by atoms with E-state index in [2.05, 4.69) is 21.0 Å². The monoisotopic (exact) mass is 316 g/mol. The lowest BCUT2D eigenvalue weighted by atomic mass is 10.1. The number of hydrogen-bond acceptors (Lipinski definition) is 4. The average Bonchev–Trinajstić information content (AvgIpc) is 2.92. The van der Waals surface area contributed by atoms with E-state index in [9.17, 15) is 4.79 Å². The molecule has 0 radical (unpaired) electrons. The highest BCUT2D eigenvalue weighted by atomic mass is 79.9. The van der Waals surface area contributed by atoms with Crippen LogP contribution in [-0.2, 0) is 27.2 Å². The van der Waals surface area contributed by atoms with E-state index in [1.54, 1.807) is 0 Å². The van der Waals surface area contributed by atoms with Gasteiger partial charge in [-0.05, 0) is 29.8 Å². The van der Waals surface area contributed by atoms with Gasteiger partial charge in [0.1, 0.15) is 5.78 Å². The van der Waals surface area contributed by atoms with Crippen LogP contribution in [0, 0.1) is 6.92 Å². The number of nitrogens with zero attached hydrogens (tertiary/aromatic N) is 2. The number of halogens is 1. The van der Waals surface area contributed by atoms with E-state index in [0.29, 0.717) is 26.1 Å². The number of ether oxygens (including phenoxy) is 2. The fourth-order valence-electron chi connectivity index (χ4n) is 2.01. The SMILES string of the molecule is CCn1nc(C)c(Br)c1CC(=O)CC1OCCO1. The number of rotatable bonds is 5. The van der Waals surface area contributed by atoms with Gasteiger partial charge in [-0.3, -0.25) is 9.48 Å². The topological polar surface area (TPSA) is 53.4 Å². The summed E-state index contributed by atoms with van der Waals surface area (Å²) in [5.74, 6) is 0.109. The van der Waals surface area contributed by atoms with Crippen LogP contribution in [0.5, 0.6) is 0 Å². The Balaban J connectivity index is 2.01. The third-order valence-electron chi connectivity index (χ3n) is 2.90. The Morgan fingerprint density at radius 2 is 2.17 bits per heavy atom. The molecule has 2 rings (SSSR count). The zero-order valence-corrected chi connectivity index (χ0v) is 12.2. The van der Waals surface area contributed by atoms with Crippen LogP contribution in [0.1, 0.15) is 24.7 Å². The van der Waals surface area contributed by atoms with Crippen molar-refractivity contribution in [2.75, 3.05) is 13.2 Å². The van der Waals surface area contributed by atoms with E-state index in [1.807, 2.05) is 18.5 Å². The number of hydrogen-bond donors (Lipinski definition) is 0. The van der Waals surface area contributed by atoms with E-state index in [0.717, 1.165) is 22.4 Å². The maximum absolute atomic E-state index is 12.0. The van der Waals surface area contributed by atoms with Gasteiger partial charge in [0.2, 0.25) is 0 Å². The van der Waals surface area contributed by atoms with Crippen molar-refractivity contribution in [3.8, 4) is 0 Å². The van der Waals surface area contributed by atoms with Gasteiger partial charge in [0.25, 0.3) is 0 Å². The number of ketones is 1. The van der Waals surface area contributed by atoms with Crippen molar-refractivity contribution in [3.63, 3.8) is 0 Å². The van der Waals surface area contributed by atoms with Crippen LogP contribution in [0.25, 0.3) is 0 Å². The van der Waals surface area contributed by atoms with Gasteiger partial charge in [-0.25, -0.2) is 0 Å². The normalized spacial score (nSPS) is 16.4. The van der Waals surface area contributed by atoms with E-state index in [-0.39, 0.29) is 12.1 Å². The molecule has 100 valence electrons. The third-order valence-corrected chi connectivity index (χ3v) is 3.93. The van der Waals surface area contributed by atoms with Gasteiger partial charge in [0, 0.05) is 13.0 Å². The fourth-order valence-corrected chi connectivity index (χ4v) is 2.43. The molecular weight excluding hydrogens is 300 g/mol. The summed E-state index contributed by atoms with van der Waals surface area (Å²) in [5.41, 5.74) is 1.84. The number of carbonyl (C=O) groups excluding carboxylic acids is 1. The van der Waals surface area contributed by atoms with Crippen LogP contribution in [0.15, 0.2) is 4.47 Å². The first-order valence-corrected chi connectivity index (χ1v) is 6.87. The fraction of sp³-hybridized carbons (Fsp3) is 0.667. The van der Waals surface area contributed by atoms with Crippen molar-refractivity contribution in [1.82, 2.24) is 9.78 Å². The summed E-state index contributed by atoms with van der Waals surface area (Å²) < 4.78 is 13.3. The Bertz CT molecular complexity index is 439. The van der Waals surface area contributed by atoms with Gasteiger partial charge in [-0.2, -0.15) is 5.10 Å². The first-order valence-electron chi connectivity index (χ1n) is 6.08. The standard InChI is InChI=1S/C12H17BrN2O3/c1-3-15-10(12(13)8(2)14-15)6-9(16)7-11-17-4-5-18-11/h11H,3-7H2,1-2H3. The summed E-state index contributed by atoms with van der Waals surface area (Å²) in [5, 5.41) is 4.37. The molecular formula is C12H17BrN2O3. The van der Waals surface area contributed by atoms with Gasteiger partial charge in [0.05, 0.1) is 35.5 Å². The molecule has 2 heterocycles. The molecule has 1 aliphatic heterocycles. The van der Waals surface area contributed by atoms with Crippen LogP contribution in [0.4, 0.5) is 0 Å². The third kappa shape index (κ3) is 2.99. The molecule has 18 heavy (non-hydrogen) atoms. The first kappa shape index (κ1) is 13.7. The van der Waals surface area contributed by atoms with Crippen molar-refractivity contribution in [2.24, 2.45) is 0 Å². The van der Waals surface area contributed by atoms with Crippen LogP contribution >= 0.6 is 15.9 Å². The quantitative estimate of drug-likeness (QED) is 0.832. The summed E-state index contributed by atoms with van der Waals surface area (Å²) in [6, 6.07) is 0. The molecule has 6 heteroatoms. The number of aromatic nitrogens is 2. The van der Waals surface area contributed by atoms with Gasteiger partial charge in [-0.1, -0.05) is 0 Å². The van der Waals surface area contributed by atoms with Crippen LogP contribution < -0.4 is 0 Å². The lowest BCUT2D eigenvalue weighted by Gasteiger charge is -2.09. The number of carbonyl (C=O) groups is 1. The van der Waals surface area contributed by atoms with E-state index >= 15 is 0 Å².